The first-order valence-corrected chi connectivity index (χ1v) is 10.7. The number of para-hydroxylation sites is 2. The Labute approximate surface area is 196 Å². The summed E-state index contributed by atoms with van der Waals surface area (Å²) in [7, 11) is 0. The van der Waals surface area contributed by atoms with Gasteiger partial charge in [0.1, 0.15) is 6.04 Å². The van der Waals surface area contributed by atoms with Crippen molar-refractivity contribution in [1.82, 2.24) is 10.3 Å². The average Bonchev–Trinajstić information content (AvgIpc) is 3.26. The number of hydrogen-bond acceptors (Lipinski definition) is 3. The predicted octanol–water partition coefficient (Wildman–Crippen LogP) is 4.25. The number of rotatable bonds is 8. The van der Waals surface area contributed by atoms with Crippen molar-refractivity contribution in [3.63, 3.8) is 0 Å². The molecule has 7 heteroatoms. The van der Waals surface area contributed by atoms with Crippen LogP contribution in [0.3, 0.4) is 0 Å². The van der Waals surface area contributed by atoms with E-state index in [1.807, 2.05) is 54.6 Å². The molecule has 0 fully saturated rings. The number of carbonyl (C=O) groups is 3. The van der Waals surface area contributed by atoms with Crippen LogP contribution in [0.25, 0.3) is 17.0 Å². The van der Waals surface area contributed by atoms with E-state index in [4.69, 9.17) is 0 Å². The van der Waals surface area contributed by atoms with Crippen LogP contribution in [-0.4, -0.2) is 33.9 Å². The second-order valence-electron chi connectivity index (χ2n) is 7.71. The molecule has 170 valence electrons. The van der Waals surface area contributed by atoms with Gasteiger partial charge in [-0.15, -0.1) is 0 Å². The number of hydrogen-bond donors (Lipinski definition) is 4. The molecule has 0 aliphatic heterocycles. The van der Waals surface area contributed by atoms with Gasteiger partial charge in [-0.05, 0) is 35.4 Å². The molecule has 7 nitrogen and oxygen atoms in total. The first-order chi connectivity index (χ1) is 16.5. The summed E-state index contributed by atoms with van der Waals surface area (Å²) in [6, 6.07) is 22.2. The van der Waals surface area contributed by atoms with Gasteiger partial charge in [-0.3, -0.25) is 9.59 Å². The van der Waals surface area contributed by atoms with Crippen molar-refractivity contribution in [2.24, 2.45) is 0 Å². The van der Waals surface area contributed by atoms with E-state index in [0.29, 0.717) is 5.69 Å². The van der Waals surface area contributed by atoms with E-state index in [0.717, 1.165) is 22.0 Å². The Morgan fingerprint density at radius 1 is 0.912 bits per heavy atom. The van der Waals surface area contributed by atoms with Crippen molar-refractivity contribution >= 4 is 40.4 Å². The van der Waals surface area contributed by atoms with Crippen molar-refractivity contribution in [3.05, 3.63) is 108 Å². The third kappa shape index (κ3) is 5.39. The molecule has 34 heavy (non-hydrogen) atoms. The first-order valence-electron chi connectivity index (χ1n) is 10.7. The number of anilines is 1. The topological polar surface area (TPSA) is 111 Å². The van der Waals surface area contributed by atoms with E-state index in [2.05, 4.69) is 15.6 Å². The minimum absolute atomic E-state index is 0.111. The van der Waals surface area contributed by atoms with Gasteiger partial charge in [0.2, 0.25) is 5.91 Å². The maximum absolute atomic E-state index is 13.0. The molecule has 1 aromatic heterocycles. The van der Waals surface area contributed by atoms with E-state index in [9.17, 15) is 19.5 Å². The fraction of sp³-hybridized carbons (Fsp3) is 0.0741. The van der Waals surface area contributed by atoms with Gasteiger partial charge >= 0.3 is 5.97 Å². The Morgan fingerprint density at radius 2 is 1.62 bits per heavy atom. The quantitative estimate of drug-likeness (QED) is 0.299. The molecule has 4 rings (SSSR count). The van der Waals surface area contributed by atoms with Gasteiger partial charge in [-0.2, -0.15) is 0 Å². The molecule has 0 aliphatic rings. The van der Waals surface area contributed by atoms with E-state index in [1.165, 1.54) is 12.1 Å². The summed E-state index contributed by atoms with van der Waals surface area (Å²) in [5.74, 6) is -2.14. The van der Waals surface area contributed by atoms with Crippen LogP contribution in [0.1, 0.15) is 21.5 Å². The van der Waals surface area contributed by atoms with Gasteiger partial charge in [0.05, 0.1) is 11.3 Å². The maximum Gasteiger partial charge on any atom is 0.326 e. The zero-order chi connectivity index (χ0) is 23.9. The predicted molar refractivity (Wildman–Crippen MR) is 131 cm³/mol. The molecule has 0 radical (unpaired) electrons. The average molecular weight is 453 g/mol. The lowest BCUT2D eigenvalue weighted by Gasteiger charge is -2.16. The number of fused-ring (bicyclic) bond motifs is 1. The first kappa shape index (κ1) is 22.5. The largest absolute Gasteiger partial charge is 0.480 e. The highest BCUT2D eigenvalue weighted by Crippen LogP contribution is 2.20. The van der Waals surface area contributed by atoms with Gasteiger partial charge < -0.3 is 20.7 Å². The smallest absolute Gasteiger partial charge is 0.326 e. The minimum Gasteiger partial charge on any atom is -0.480 e. The summed E-state index contributed by atoms with van der Waals surface area (Å²) >= 11 is 0. The fourth-order valence-electron chi connectivity index (χ4n) is 3.66. The summed E-state index contributed by atoms with van der Waals surface area (Å²) in [5.41, 5.74) is 3.01. The zero-order valence-corrected chi connectivity index (χ0v) is 18.2. The molecule has 0 spiro atoms. The molecule has 0 saturated carbocycles. The number of H-pyrrole nitrogens is 1. The highest BCUT2D eigenvalue weighted by atomic mass is 16.4. The Balaban J connectivity index is 1.48. The van der Waals surface area contributed by atoms with Crippen molar-refractivity contribution in [3.8, 4) is 0 Å². The number of nitrogens with one attached hydrogen (secondary N) is 3. The van der Waals surface area contributed by atoms with Crippen molar-refractivity contribution in [2.45, 2.75) is 12.5 Å². The van der Waals surface area contributed by atoms with Crippen LogP contribution in [0.5, 0.6) is 0 Å². The van der Waals surface area contributed by atoms with Crippen LogP contribution < -0.4 is 10.6 Å². The van der Waals surface area contributed by atoms with Crippen LogP contribution in [0.2, 0.25) is 0 Å². The second kappa shape index (κ2) is 10.3. The minimum atomic E-state index is -1.15. The number of benzene rings is 3. The molecule has 0 unspecified atom stereocenters. The van der Waals surface area contributed by atoms with E-state index >= 15 is 0 Å². The molecule has 1 heterocycles. The molecule has 2 amide bonds. The third-order valence-corrected chi connectivity index (χ3v) is 5.36. The third-order valence-electron chi connectivity index (χ3n) is 5.36. The van der Waals surface area contributed by atoms with Crippen molar-refractivity contribution < 1.29 is 19.5 Å². The molecule has 3 aromatic carbocycles. The normalized spacial score (nSPS) is 11.9. The second-order valence-corrected chi connectivity index (χ2v) is 7.71. The summed E-state index contributed by atoms with van der Waals surface area (Å²) in [6.07, 6.45) is 4.90. The van der Waals surface area contributed by atoms with Crippen molar-refractivity contribution in [1.29, 1.82) is 0 Å². The van der Waals surface area contributed by atoms with Gasteiger partial charge in [-0.25, -0.2) is 4.79 Å². The van der Waals surface area contributed by atoms with Crippen LogP contribution in [0.4, 0.5) is 5.69 Å². The number of aromatic nitrogens is 1. The number of amides is 2. The molecule has 0 bridgehead atoms. The Kier molecular flexibility index (Phi) is 6.84. The number of aromatic amines is 1. The maximum atomic E-state index is 13.0. The van der Waals surface area contributed by atoms with Crippen LogP contribution in [-0.2, 0) is 16.0 Å². The van der Waals surface area contributed by atoms with Gasteiger partial charge in [0, 0.05) is 29.6 Å². The van der Waals surface area contributed by atoms with Gasteiger partial charge in [0.15, 0.2) is 0 Å². The summed E-state index contributed by atoms with van der Waals surface area (Å²) in [4.78, 5) is 40.4. The molecule has 0 aliphatic carbocycles. The molecule has 4 aromatic rings. The van der Waals surface area contributed by atoms with Crippen LogP contribution >= 0.6 is 0 Å². The number of aliphatic carboxylic acids is 1. The molecule has 0 saturated heterocycles. The van der Waals surface area contributed by atoms with E-state index < -0.39 is 23.8 Å². The molecule has 4 N–H and O–H groups in total. The van der Waals surface area contributed by atoms with Gasteiger partial charge in [-0.1, -0.05) is 60.7 Å². The summed E-state index contributed by atoms with van der Waals surface area (Å²) in [5, 5.41) is 15.9. The monoisotopic (exact) mass is 453 g/mol. The fourth-order valence-corrected chi connectivity index (χ4v) is 3.66. The SMILES string of the molecule is O=C(/C=C/c1ccccc1)Nc1ccccc1C(=O)N[C@H](Cc1c[nH]c2ccccc12)C(=O)O. The van der Waals surface area contributed by atoms with Gasteiger partial charge in [0.25, 0.3) is 5.91 Å². The lowest BCUT2D eigenvalue weighted by atomic mass is 10.0. The highest BCUT2D eigenvalue weighted by molar-refractivity contribution is 6.08. The summed E-state index contributed by atoms with van der Waals surface area (Å²) in [6.45, 7) is 0. The summed E-state index contributed by atoms with van der Waals surface area (Å²) < 4.78 is 0. The molecule has 1 atom stereocenters. The van der Waals surface area contributed by atoms with Crippen LogP contribution in [0, 0.1) is 0 Å². The molecular formula is C27H23N3O4. The van der Waals surface area contributed by atoms with E-state index in [1.54, 1.807) is 30.5 Å². The highest BCUT2D eigenvalue weighted by Gasteiger charge is 2.24. The lowest BCUT2D eigenvalue weighted by Crippen LogP contribution is -2.42. The van der Waals surface area contributed by atoms with Crippen molar-refractivity contribution in [2.75, 3.05) is 5.32 Å². The molecular weight excluding hydrogens is 430 g/mol. The number of carboxylic acids is 1. The Hall–Kier alpha value is -4.65. The van der Waals surface area contributed by atoms with Crippen LogP contribution in [0.15, 0.2) is 91.1 Å². The zero-order valence-electron chi connectivity index (χ0n) is 18.2. The number of carbonyl (C=O) groups excluding carboxylic acids is 2. The Morgan fingerprint density at radius 3 is 2.41 bits per heavy atom. The standard InChI is InChI=1S/C27H23N3O4/c31-25(15-14-18-8-2-1-3-9-18)29-23-13-7-5-11-21(23)26(32)30-24(27(33)34)16-19-17-28-22-12-6-4-10-20(19)22/h1-15,17,24,28H,16H2,(H,29,31)(H,30,32)(H,33,34)/b15-14+/t24-/m1/s1. The lowest BCUT2D eigenvalue weighted by molar-refractivity contribution is -0.139. The number of carboxylic acid groups (broad SMARTS) is 1. The Bertz CT molecular complexity index is 1360. The van der Waals surface area contributed by atoms with E-state index in [-0.39, 0.29) is 12.0 Å².